The summed E-state index contributed by atoms with van der Waals surface area (Å²) in [7, 11) is 0. The first-order valence-corrected chi connectivity index (χ1v) is 7.99. The Morgan fingerprint density at radius 3 is 2.31 bits per heavy atom. The number of rotatable bonds is 4. The zero-order valence-electron chi connectivity index (χ0n) is 14.3. The van der Waals surface area contributed by atoms with Gasteiger partial charge in [0, 0.05) is 23.6 Å². The third-order valence-corrected chi connectivity index (χ3v) is 3.98. The monoisotopic (exact) mass is 353 g/mol. The molecule has 0 saturated heterocycles. The van der Waals surface area contributed by atoms with Crippen LogP contribution in [0, 0.1) is 25.5 Å². The molecule has 26 heavy (non-hydrogen) atoms. The van der Waals surface area contributed by atoms with Gasteiger partial charge in [0.25, 0.3) is 5.91 Å². The van der Waals surface area contributed by atoms with Gasteiger partial charge in [-0.25, -0.2) is 13.8 Å². The molecule has 0 fully saturated rings. The Morgan fingerprint density at radius 2 is 1.65 bits per heavy atom. The van der Waals surface area contributed by atoms with E-state index in [0.717, 1.165) is 23.4 Å². The Hall–Kier alpha value is -3.28. The van der Waals surface area contributed by atoms with Crippen LogP contribution in [0.25, 0.3) is 0 Å². The maximum Gasteiger partial charge on any atom is 0.257 e. The summed E-state index contributed by atoms with van der Waals surface area (Å²) >= 11 is 0. The highest BCUT2D eigenvalue weighted by Gasteiger charge is 2.09. The summed E-state index contributed by atoms with van der Waals surface area (Å²) in [5.41, 5.74) is 3.75. The van der Waals surface area contributed by atoms with Crippen molar-refractivity contribution in [2.24, 2.45) is 0 Å². The van der Waals surface area contributed by atoms with E-state index in [-0.39, 0.29) is 5.69 Å². The normalized spacial score (nSPS) is 10.5. The van der Waals surface area contributed by atoms with Crippen molar-refractivity contribution in [3.63, 3.8) is 0 Å². The van der Waals surface area contributed by atoms with Crippen molar-refractivity contribution in [3.05, 3.63) is 83.1 Å². The molecule has 0 bridgehead atoms. The van der Waals surface area contributed by atoms with Gasteiger partial charge in [-0.3, -0.25) is 4.79 Å². The van der Waals surface area contributed by atoms with Gasteiger partial charge >= 0.3 is 0 Å². The number of aromatic nitrogens is 1. The standard InChI is InChI=1S/C20H17F2N3O/c1-12-3-5-15(9-13(12)2)24-19-8-4-14(11-23-19)20(26)25-16-6-7-17(21)18(22)10-16/h3-11H,1-2H3,(H,23,24)(H,25,26). The lowest BCUT2D eigenvalue weighted by atomic mass is 10.1. The van der Waals surface area contributed by atoms with Gasteiger partial charge in [0.1, 0.15) is 5.82 Å². The van der Waals surface area contributed by atoms with Crippen LogP contribution in [-0.4, -0.2) is 10.9 Å². The third-order valence-electron chi connectivity index (χ3n) is 3.98. The predicted octanol–water partition coefficient (Wildman–Crippen LogP) is 4.97. The van der Waals surface area contributed by atoms with Crippen LogP contribution in [-0.2, 0) is 0 Å². The van der Waals surface area contributed by atoms with E-state index in [1.54, 1.807) is 12.1 Å². The van der Waals surface area contributed by atoms with Gasteiger partial charge in [-0.2, -0.15) is 0 Å². The first-order valence-electron chi connectivity index (χ1n) is 7.99. The van der Waals surface area contributed by atoms with E-state index in [4.69, 9.17) is 0 Å². The second-order valence-corrected chi connectivity index (χ2v) is 5.94. The van der Waals surface area contributed by atoms with Crippen molar-refractivity contribution in [1.29, 1.82) is 0 Å². The molecule has 0 aliphatic rings. The van der Waals surface area contributed by atoms with Gasteiger partial charge in [0.2, 0.25) is 0 Å². The van der Waals surface area contributed by atoms with Crippen LogP contribution >= 0.6 is 0 Å². The van der Waals surface area contributed by atoms with Crippen molar-refractivity contribution in [3.8, 4) is 0 Å². The number of amides is 1. The lowest BCUT2D eigenvalue weighted by Gasteiger charge is -2.09. The number of anilines is 3. The molecule has 1 aromatic heterocycles. The largest absolute Gasteiger partial charge is 0.340 e. The number of nitrogens with zero attached hydrogens (tertiary/aromatic N) is 1. The molecule has 0 saturated carbocycles. The maximum atomic E-state index is 13.2. The highest BCUT2D eigenvalue weighted by molar-refractivity contribution is 6.04. The molecule has 0 radical (unpaired) electrons. The Kier molecular flexibility index (Phi) is 4.93. The predicted molar refractivity (Wildman–Crippen MR) is 97.7 cm³/mol. The number of pyridine rings is 1. The van der Waals surface area contributed by atoms with Gasteiger partial charge in [0.05, 0.1) is 5.56 Å². The van der Waals surface area contributed by atoms with E-state index >= 15 is 0 Å². The average Bonchev–Trinajstić information content (AvgIpc) is 2.62. The van der Waals surface area contributed by atoms with E-state index < -0.39 is 17.5 Å². The van der Waals surface area contributed by atoms with Gasteiger partial charge in [-0.1, -0.05) is 6.07 Å². The fourth-order valence-electron chi connectivity index (χ4n) is 2.35. The molecule has 6 heteroatoms. The molecule has 0 atom stereocenters. The van der Waals surface area contributed by atoms with E-state index in [1.807, 2.05) is 32.0 Å². The lowest BCUT2D eigenvalue weighted by molar-refractivity contribution is 0.102. The van der Waals surface area contributed by atoms with Crippen LogP contribution in [0.5, 0.6) is 0 Å². The molecular weight excluding hydrogens is 336 g/mol. The molecule has 132 valence electrons. The van der Waals surface area contributed by atoms with Crippen LogP contribution in [0.1, 0.15) is 21.5 Å². The highest BCUT2D eigenvalue weighted by atomic mass is 19.2. The van der Waals surface area contributed by atoms with Crippen LogP contribution < -0.4 is 10.6 Å². The molecule has 3 aromatic rings. The summed E-state index contributed by atoms with van der Waals surface area (Å²) in [4.78, 5) is 16.4. The number of halogens is 2. The maximum absolute atomic E-state index is 13.2. The van der Waals surface area contributed by atoms with E-state index in [0.29, 0.717) is 11.4 Å². The molecule has 0 aliphatic heterocycles. The number of carbonyl (C=O) groups excluding carboxylic acids is 1. The summed E-state index contributed by atoms with van der Waals surface area (Å²) in [6, 6.07) is 12.4. The van der Waals surface area contributed by atoms with Crippen molar-refractivity contribution in [1.82, 2.24) is 4.98 Å². The number of nitrogens with one attached hydrogen (secondary N) is 2. The lowest BCUT2D eigenvalue weighted by Crippen LogP contribution is -2.12. The molecule has 1 heterocycles. The smallest absolute Gasteiger partial charge is 0.257 e. The summed E-state index contributed by atoms with van der Waals surface area (Å²) in [5, 5.41) is 5.67. The van der Waals surface area contributed by atoms with Crippen molar-refractivity contribution >= 4 is 23.1 Å². The average molecular weight is 353 g/mol. The van der Waals surface area contributed by atoms with Crippen LogP contribution in [0.4, 0.5) is 26.0 Å². The summed E-state index contributed by atoms with van der Waals surface area (Å²) < 4.78 is 26.1. The molecule has 0 unspecified atom stereocenters. The van der Waals surface area contributed by atoms with E-state index in [2.05, 4.69) is 15.6 Å². The fraction of sp³-hybridized carbons (Fsp3) is 0.100. The molecule has 4 nitrogen and oxygen atoms in total. The Bertz CT molecular complexity index is 956. The minimum absolute atomic E-state index is 0.172. The second kappa shape index (κ2) is 7.31. The van der Waals surface area contributed by atoms with Gasteiger partial charge in [-0.05, 0) is 61.4 Å². The van der Waals surface area contributed by atoms with Crippen LogP contribution in [0.15, 0.2) is 54.7 Å². The van der Waals surface area contributed by atoms with Gasteiger partial charge in [0.15, 0.2) is 11.6 Å². The van der Waals surface area contributed by atoms with Gasteiger partial charge < -0.3 is 10.6 Å². The highest BCUT2D eigenvalue weighted by Crippen LogP contribution is 2.19. The minimum atomic E-state index is -1.02. The van der Waals surface area contributed by atoms with E-state index in [9.17, 15) is 13.6 Å². The number of carbonyl (C=O) groups is 1. The Labute approximate surface area is 149 Å². The number of benzene rings is 2. The Balaban J connectivity index is 1.69. The first-order chi connectivity index (χ1) is 12.4. The van der Waals surface area contributed by atoms with Gasteiger partial charge in [-0.15, -0.1) is 0 Å². The van der Waals surface area contributed by atoms with Crippen molar-refractivity contribution in [2.45, 2.75) is 13.8 Å². The molecule has 2 aromatic carbocycles. The summed E-state index contributed by atoms with van der Waals surface area (Å²) in [6.45, 7) is 4.07. The Morgan fingerprint density at radius 1 is 0.885 bits per heavy atom. The second-order valence-electron chi connectivity index (χ2n) is 5.94. The summed E-state index contributed by atoms with van der Waals surface area (Å²) in [6.07, 6.45) is 1.42. The first kappa shape index (κ1) is 17.5. The molecule has 3 rings (SSSR count). The van der Waals surface area contributed by atoms with Crippen LogP contribution in [0.3, 0.4) is 0 Å². The molecule has 1 amide bonds. The summed E-state index contributed by atoms with van der Waals surface area (Å²) in [5.74, 6) is -1.85. The molecule has 0 aliphatic carbocycles. The minimum Gasteiger partial charge on any atom is -0.340 e. The number of hydrogen-bond donors (Lipinski definition) is 2. The fourth-order valence-corrected chi connectivity index (χ4v) is 2.35. The zero-order valence-corrected chi connectivity index (χ0v) is 14.3. The quantitative estimate of drug-likeness (QED) is 0.696. The SMILES string of the molecule is Cc1ccc(Nc2ccc(C(=O)Nc3ccc(F)c(F)c3)cn2)cc1C. The zero-order chi connectivity index (χ0) is 18.7. The molecule has 2 N–H and O–H groups in total. The van der Waals surface area contributed by atoms with E-state index in [1.165, 1.54) is 17.8 Å². The number of hydrogen-bond acceptors (Lipinski definition) is 3. The topological polar surface area (TPSA) is 54.0 Å². The van der Waals surface area contributed by atoms with Crippen LogP contribution in [0.2, 0.25) is 0 Å². The molecular formula is C20H17F2N3O. The molecule has 0 spiro atoms. The van der Waals surface area contributed by atoms with Crippen molar-refractivity contribution in [2.75, 3.05) is 10.6 Å². The third kappa shape index (κ3) is 4.03. The van der Waals surface area contributed by atoms with Crippen molar-refractivity contribution < 1.29 is 13.6 Å². The number of aryl methyl sites for hydroxylation is 2.